The second-order valence-electron chi connectivity index (χ2n) is 6.06. The fourth-order valence-electron chi connectivity index (χ4n) is 1.65. The number of hydrogen-bond acceptors (Lipinski definition) is 7. The summed E-state index contributed by atoms with van der Waals surface area (Å²) >= 11 is 0. The summed E-state index contributed by atoms with van der Waals surface area (Å²) in [5.74, 6) is -1.31. The number of esters is 1. The van der Waals surface area contributed by atoms with Crippen molar-refractivity contribution < 1.29 is 33.3 Å². The van der Waals surface area contributed by atoms with Crippen molar-refractivity contribution in [3.63, 3.8) is 0 Å². The molecule has 0 aliphatic carbocycles. The van der Waals surface area contributed by atoms with E-state index in [1.165, 1.54) is 20.3 Å². The highest BCUT2D eigenvalue weighted by atomic mass is 16.6. The van der Waals surface area contributed by atoms with E-state index in [0.29, 0.717) is 0 Å². The van der Waals surface area contributed by atoms with E-state index in [2.05, 4.69) is 21.9 Å². The van der Waals surface area contributed by atoms with Gasteiger partial charge in [0.15, 0.2) is 6.04 Å². The van der Waals surface area contributed by atoms with Crippen molar-refractivity contribution in [1.82, 2.24) is 10.6 Å². The van der Waals surface area contributed by atoms with Crippen LogP contribution in [0.15, 0.2) is 12.7 Å². The van der Waals surface area contributed by atoms with Gasteiger partial charge in [-0.15, -0.1) is 6.58 Å². The minimum absolute atomic E-state index is 0.101. The predicted octanol–water partition coefficient (Wildman–Crippen LogP) is 0.387. The van der Waals surface area contributed by atoms with Gasteiger partial charge >= 0.3 is 12.1 Å². The second-order valence-corrected chi connectivity index (χ2v) is 6.06. The molecule has 2 atom stereocenters. The summed E-state index contributed by atoms with van der Waals surface area (Å²) in [5, 5.41) is 4.85. The standard InChI is InChI=1S/C16H28N2O7/c1-7-8-24-10-12(14(20)23-6)17-13(19)11(9-22-5)18-15(21)25-16(2,3)4/h7,11-12H,1,8-10H2,2-6H3,(H,17,19)(H,18,21)/t11-,12?/m0/s1. The van der Waals surface area contributed by atoms with E-state index in [1.54, 1.807) is 20.8 Å². The van der Waals surface area contributed by atoms with E-state index < -0.39 is 35.7 Å². The lowest BCUT2D eigenvalue weighted by atomic mass is 10.2. The van der Waals surface area contributed by atoms with E-state index in [0.717, 1.165) is 0 Å². The molecule has 0 rings (SSSR count). The molecule has 0 aromatic heterocycles. The summed E-state index contributed by atoms with van der Waals surface area (Å²) < 4.78 is 19.8. The van der Waals surface area contributed by atoms with Crippen LogP contribution in [-0.2, 0) is 28.5 Å². The Morgan fingerprint density at radius 1 is 1.08 bits per heavy atom. The minimum atomic E-state index is -1.05. The van der Waals surface area contributed by atoms with Gasteiger partial charge in [0.2, 0.25) is 5.91 Å². The monoisotopic (exact) mass is 360 g/mol. The number of alkyl carbamates (subject to hydrolysis) is 1. The topological polar surface area (TPSA) is 112 Å². The molecule has 9 heteroatoms. The van der Waals surface area contributed by atoms with E-state index in [-0.39, 0.29) is 19.8 Å². The van der Waals surface area contributed by atoms with Crippen molar-refractivity contribution in [3.8, 4) is 0 Å². The number of carbonyl (C=O) groups is 3. The van der Waals surface area contributed by atoms with Crippen LogP contribution >= 0.6 is 0 Å². The Morgan fingerprint density at radius 3 is 2.20 bits per heavy atom. The number of methoxy groups -OCH3 is 2. The van der Waals surface area contributed by atoms with Gasteiger partial charge in [0.05, 0.1) is 26.9 Å². The highest BCUT2D eigenvalue weighted by molar-refractivity contribution is 5.89. The van der Waals surface area contributed by atoms with Crippen LogP contribution in [0.5, 0.6) is 0 Å². The molecule has 0 bridgehead atoms. The fraction of sp³-hybridized carbons (Fsp3) is 0.688. The van der Waals surface area contributed by atoms with Gasteiger partial charge in [-0.2, -0.15) is 0 Å². The lowest BCUT2D eigenvalue weighted by molar-refractivity contribution is -0.147. The molecular weight excluding hydrogens is 332 g/mol. The van der Waals surface area contributed by atoms with Crippen LogP contribution < -0.4 is 10.6 Å². The zero-order chi connectivity index (χ0) is 19.5. The van der Waals surface area contributed by atoms with Crippen LogP contribution in [0.1, 0.15) is 20.8 Å². The Balaban J connectivity index is 4.88. The molecule has 2 amide bonds. The first-order chi connectivity index (χ1) is 11.6. The molecule has 144 valence electrons. The molecule has 0 aliphatic heterocycles. The smallest absolute Gasteiger partial charge is 0.408 e. The average molecular weight is 360 g/mol. The van der Waals surface area contributed by atoms with Gasteiger partial charge in [-0.3, -0.25) is 4.79 Å². The maximum atomic E-state index is 12.4. The molecule has 0 radical (unpaired) electrons. The van der Waals surface area contributed by atoms with Gasteiger partial charge in [0.1, 0.15) is 11.6 Å². The Bertz CT molecular complexity index is 460. The fourth-order valence-corrected chi connectivity index (χ4v) is 1.65. The first-order valence-corrected chi connectivity index (χ1v) is 7.69. The maximum Gasteiger partial charge on any atom is 0.408 e. The van der Waals surface area contributed by atoms with Crippen LogP contribution in [0.25, 0.3) is 0 Å². The first-order valence-electron chi connectivity index (χ1n) is 7.69. The number of ether oxygens (including phenoxy) is 4. The van der Waals surface area contributed by atoms with Gasteiger partial charge in [0.25, 0.3) is 0 Å². The third-order valence-electron chi connectivity index (χ3n) is 2.66. The van der Waals surface area contributed by atoms with Crippen molar-refractivity contribution in [1.29, 1.82) is 0 Å². The molecule has 0 aliphatic rings. The molecular formula is C16H28N2O7. The van der Waals surface area contributed by atoms with Crippen LogP contribution in [-0.4, -0.2) is 69.7 Å². The summed E-state index contributed by atoms with van der Waals surface area (Å²) in [7, 11) is 2.57. The number of rotatable bonds is 10. The van der Waals surface area contributed by atoms with Crippen molar-refractivity contribution in [2.45, 2.75) is 38.5 Å². The summed E-state index contributed by atoms with van der Waals surface area (Å²) in [6.45, 7) is 8.59. The predicted molar refractivity (Wildman–Crippen MR) is 90.0 cm³/mol. The zero-order valence-corrected chi connectivity index (χ0v) is 15.4. The third kappa shape index (κ3) is 10.4. The van der Waals surface area contributed by atoms with Crippen LogP contribution in [0.3, 0.4) is 0 Å². The van der Waals surface area contributed by atoms with Gasteiger partial charge in [0, 0.05) is 7.11 Å². The summed E-state index contributed by atoms with van der Waals surface area (Å²) in [5.41, 5.74) is -0.717. The number of hydrogen-bond donors (Lipinski definition) is 2. The average Bonchev–Trinajstić information content (AvgIpc) is 2.51. The van der Waals surface area contributed by atoms with Crippen molar-refractivity contribution in [3.05, 3.63) is 12.7 Å². The van der Waals surface area contributed by atoms with Gasteiger partial charge < -0.3 is 29.6 Å². The minimum Gasteiger partial charge on any atom is -0.467 e. The molecule has 1 unspecified atom stereocenters. The van der Waals surface area contributed by atoms with Crippen molar-refractivity contribution in [2.24, 2.45) is 0 Å². The first kappa shape index (κ1) is 22.9. The molecule has 0 aromatic rings. The molecule has 0 heterocycles. The summed E-state index contributed by atoms with van der Waals surface area (Å²) in [6.07, 6.45) is 0.732. The Kier molecular flexibility index (Phi) is 10.5. The van der Waals surface area contributed by atoms with E-state index in [9.17, 15) is 14.4 Å². The van der Waals surface area contributed by atoms with Gasteiger partial charge in [-0.05, 0) is 20.8 Å². The zero-order valence-electron chi connectivity index (χ0n) is 15.4. The lowest BCUT2D eigenvalue weighted by Gasteiger charge is -2.24. The molecule has 0 saturated heterocycles. The number of nitrogens with one attached hydrogen (secondary N) is 2. The Hall–Kier alpha value is -2.13. The molecule has 25 heavy (non-hydrogen) atoms. The van der Waals surface area contributed by atoms with E-state index in [4.69, 9.17) is 14.2 Å². The SMILES string of the molecule is C=CCOCC(NC(=O)[C@H](COC)NC(=O)OC(C)(C)C)C(=O)OC. The number of amides is 2. The maximum absolute atomic E-state index is 12.4. The molecule has 0 aromatic carbocycles. The molecule has 0 fully saturated rings. The molecule has 0 spiro atoms. The second kappa shape index (κ2) is 11.4. The Labute approximate surface area is 148 Å². The highest BCUT2D eigenvalue weighted by Gasteiger charge is 2.29. The molecule has 9 nitrogen and oxygen atoms in total. The van der Waals surface area contributed by atoms with E-state index >= 15 is 0 Å². The quantitative estimate of drug-likeness (QED) is 0.329. The van der Waals surface area contributed by atoms with Crippen molar-refractivity contribution >= 4 is 18.0 Å². The van der Waals surface area contributed by atoms with Gasteiger partial charge in [-0.1, -0.05) is 6.08 Å². The largest absolute Gasteiger partial charge is 0.467 e. The van der Waals surface area contributed by atoms with E-state index in [1.807, 2.05) is 0 Å². The van der Waals surface area contributed by atoms with Crippen LogP contribution in [0, 0.1) is 0 Å². The number of carbonyl (C=O) groups excluding carboxylic acids is 3. The third-order valence-corrected chi connectivity index (χ3v) is 2.66. The van der Waals surface area contributed by atoms with Crippen LogP contribution in [0.2, 0.25) is 0 Å². The van der Waals surface area contributed by atoms with Crippen molar-refractivity contribution in [2.75, 3.05) is 34.0 Å². The van der Waals surface area contributed by atoms with Gasteiger partial charge in [-0.25, -0.2) is 9.59 Å². The Morgan fingerprint density at radius 2 is 1.72 bits per heavy atom. The summed E-state index contributed by atoms with van der Waals surface area (Å²) in [4.78, 5) is 35.9. The summed E-state index contributed by atoms with van der Waals surface area (Å²) in [6, 6.07) is -2.08. The molecule has 0 saturated carbocycles. The van der Waals surface area contributed by atoms with Crippen LogP contribution in [0.4, 0.5) is 4.79 Å². The normalized spacial score (nSPS) is 13.3. The molecule has 2 N–H and O–H groups in total. The lowest BCUT2D eigenvalue weighted by Crippen LogP contribution is -2.55. The highest BCUT2D eigenvalue weighted by Crippen LogP contribution is 2.07.